The van der Waals surface area contributed by atoms with E-state index in [2.05, 4.69) is 30.1 Å². The molecule has 0 saturated heterocycles. The molecule has 1 amide bonds. The Hall–Kier alpha value is -0.960. The highest BCUT2D eigenvalue weighted by molar-refractivity contribution is 7.80. The predicted octanol–water partition coefficient (Wildman–Crippen LogP) is 2.06. The standard InChI is InChI=1S/C12H17NOS/c14-12(8-10-15)13-9-4-7-11-5-2-1-3-6-11/h1-3,5-6,15H,4,7-10H2,(H,13,14). The minimum Gasteiger partial charge on any atom is -0.356 e. The molecule has 0 spiro atoms. The fraction of sp³-hybridized carbons (Fsp3) is 0.417. The second-order valence-corrected chi connectivity index (χ2v) is 3.86. The summed E-state index contributed by atoms with van der Waals surface area (Å²) in [4.78, 5) is 11.1. The van der Waals surface area contributed by atoms with Gasteiger partial charge in [-0.05, 0) is 24.2 Å². The lowest BCUT2D eigenvalue weighted by Crippen LogP contribution is -2.24. The lowest BCUT2D eigenvalue weighted by atomic mass is 10.1. The van der Waals surface area contributed by atoms with Crippen LogP contribution in [0.1, 0.15) is 18.4 Å². The van der Waals surface area contributed by atoms with Crippen molar-refractivity contribution in [2.45, 2.75) is 19.3 Å². The van der Waals surface area contributed by atoms with E-state index in [0.717, 1.165) is 19.4 Å². The molecular formula is C12H17NOS. The predicted molar refractivity (Wildman–Crippen MR) is 66.2 cm³/mol. The summed E-state index contributed by atoms with van der Waals surface area (Å²) in [6, 6.07) is 10.3. The first-order chi connectivity index (χ1) is 7.33. The topological polar surface area (TPSA) is 29.1 Å². The van der Waals surface area contributed by atoms with Crippen molar-refractivity contribution in [3.8, 4) is 0 Å². The molecule has 2 nitrogen and oxygen atoms in total. The summed E-state index contributed by atoms with van der Waals surface area (Å²) in [5, 5.41) is 2.87. The van der Waals surface area contributed by atoms with Gasteiger partial charge in [0.15, 0.2) is 0 Å². The van der Waals surface area contributed by atoms with Crippen molar-refractivity contribution in [1.82, 2.24) is 5.32 Å². The van der Waals surface area contributed by atoms with Crippen molar-refractivity contribution >= 4 is 18.5 Å². The number of benzene rings is 1. The van der Waals surface area contributed by atoms with Crippen LogP contribution in [0.4, 0.5) is 0 Å². The van der Waals surface area contributed by atoms with Crippen LogP contribution >= 0.6 is 12.6 Å². The lowest BCUT2D eigenvalue weighted by molar-refractivity contribution is -0.120. The van der Waals surface area contributed by atoms with Crippen LogP contribution in [0.15, 0.2) is 30.3 Å². The van der Waals surface area contributed by atoms with Gasteiger partial charge in [0.05, 0.1) is 0 Å². The van der Waals surface area contributed by atoms with E-state index in [0.29, 0.717) is 12.2 Å². The summed E-state index contributed by atoms with van der Waals surface area (Å²) in [7, 11) is 0. The minimum atomic E-state index is 0.0954. The molecule has 1 N–H and O–H groups in total. The van der Waals surface area contributed by atoms with Crippen molar-refractivity contribution in [3.63, 3.8) is 0 Å². The van der Waals surface area contributed by atoms with Crippen LogP contribution in [0, 0.1) is 0 Å². The highest BCUT2D eigenvalue weighted by Gasteiger charge is 1.97. The van der Waals surface area contributed by atoms with Crippen molar-refractivity contribution in [2.75, 3.05) is 12.3 Å². The smallest absolute Gasteiger partial charge is 0.220 e. The molecule has 0 atom stereocenters. The van der Waals surface area contributed by atoms with Crippen molar-refractivity contribution < 1.29 is 4.79 Å². The summed E-state index contributed by atoms with van der Waals surface area (Å²) in [6.07, 6.45) is 2.51. The molecule has 0 saturated carbocycles. The van der Waals surface area contributed by atoms with Gasteiger partial charge in [0, 0.05) is 13.0 Å². The molecule has 3 heteroatoms. The molecule has 0 bridgehead atoms. The Morgan fingerprint density at radius 2 is 2.00 bits per heavy atom. The molecule has 0 aromatic heterocycles. The number of carbonyl (C=O) groups excluding carboxylic acids is 1. The van der Waals surface area contributed by atoms with Crippen LogP contribution in [-0.2, 0) is 11.2 Å². The molecule has 15 heavy (non-hydrogen) atoms. The van der Waals surface area contributed by atoms with E-state index in [4.69, 9.17) is 0 Å². The number of hydrogen-bond donors (Lipinski definition) is 2. The number of thiol groups is 1. The zero-order valence-electron chi connectivity index (χ0n) is 8.78. The van der Waals surface area contributed by atoms with E-state index in [-0.39, 0.29) is 5.91 Å². The Morgan fingerprint density at radius 3 is 2.67 bits per heavy atom. The molecule has 1 aromatic rings. The van der Waals surface area contributed by atoms with Gasteiger partial charge in [0.1, 0.15) is 0 Å². The van der Waals surface area contributed by atoms with E-state index in [1.54, 1.807) is 0 Å². The fourth-order valence-electron chi connectivity index (χ4n) is 1.35. The van der Waals surface area contributed by atoms with Gasteiger partial charge in [0.25, 0.3) is 0 Å². The van der Waals surface area contributed by atoms with Gasteiger partial charge in [-0.3, -0.25) is 4.79 Å². The Balaban J connectivity index is 2.10. The fourth-order valence-corrected chi connectivity index (χ4v) is 1.56. The van der Waals surface area contributed by atoms with Crippen LogP contribution in [0.3, 0.4) is 0 Å². The average Bonchev–Trinajstić information content (AvgIpc) is 2.26. The van der Waals surface area contributed by atoms with Crippen LogP contribution in [0.25, 0.3) is 0 Å². The van der Waals surface area contributed by atoms with Gasteiger partial charge < -0.3 is 5.32 Å². The molecule has 0 heterocycles. The van der Waals surface area contributed by atoms with Crippen LogP contribution in [0.5, 0.6) is 0 Å². The maximum atomic E-state index is 11.1. The Bertz CT molecular complexity index is 287. The Kier molecular flexibility index (Phi) is 5.93. The van der Waals surface area contributed by atoms with Crippen molar-refractivity contribution in [3.05, 3.63) is 35.9 Å². The maximum absolute atomic E-state index is 11.1. The SMILES string of the molecule is O=C(CCS)NCCCc1ccccc1. The molecule has 0 aliphatic heterocycles. The number of amides is 1. The number of aryl methyl sites for hydroxylation is 1. The van der Waals surface area contributed by atoms with Gasteiger partial charge in [-0.15, -0.1) is 0 Å². The van der Waals surface area contributed by atoms with Crippen molar-refractivity contribution in [1.29, 1.82) is 0 Å². The average molecular weight is 223 g/mol. The van der Waals surface area contributed by atoms with Gasteiger partial charge in [-0.2, -0.15) is 12.6 Å². The second kappa shape index (κ2) is 7.35. The molecule has 1 rings (SSSR count). The van der Waals surface area contributed by atoms with Gasteiger partial charge in [-0.25, -0.2) is 0 Å². The third-order valence-electron chi connectivity index (χ3n) is 2.15. The zero-order valence-corrected chi connectivity index (χ0v) is 9.67. The Labute approximate surface area is 96.5 Å². The molecule has 1 aromatic carbocycles. The largest absolute Gasteiger partial charge is 0.356 e. The summed E-state index contributed by atoms with van der Waals surface area (Å²) in [5.41, 5.74) is 1.32. The summed E-state index contributed by atoms with van der Waals surface area (Å²) in [5.74, 6) is 0.711. The molecule has 0 radical (unpaired) electrons. The number of rotatable bonds is 6. The minimum absolute atomic E-state index is 0.0954. The number of carbonyl (C=O) groups is 1. The van der Waals surface area contributed by atoms with Crippen LogP contribution in [0.2, 0.25) is 0 Å². The lowest BCUT2D eigenvalue weighted by Gasteiger charge is -2.04. The van der Waals surface area contributed by atoms with Crippen molar-refractivity contribution in [2.24, 2.45) is 0 Å². The first-order valence-electron chi connectivity index (χ1n) is 5.24. The third kappa shape index (κ3) is 5.47. The van der Waals surface area contributed by atoms with Crippen LogP contribution < -0.4 is 5.32 Å². The normalized spacial score (nSPS) is 9.93. The van der Waals surface area contributed by atoms with Crippen LogP contribution in [-0.4, -0.2) is 18.2 Å². The van der Waals surface area contributed by atoms with Gasteiger partial charge >= 0.3 is 0 Å². The van der Waals surface area contributed by atoms with E-state index in [9.17, 15) is 4.79 Å². The van der Waals surface area contributed by atoms with E-state index < -0.39 is 0 Å². The summed E-state index contributed by atoms with van der Waals surface area (Å²) < 4.78 is 0. The Morgan fingerprint density at radius 1 is 1.27 bits per heavy atom. The molecule has 0 aliphatic carbocycles. The highest BCUT2D eigenvalue weighted by atomic mass is 32.1. The highest BCUT2D eigenvalue weighted by Crippen LogP contribution is 2.01. The molecule has 0 unspecified atom stereocenters. The number of nitrogens with one attached hydrogen (secondary N) is 1. The van der Waals surface area contributed by atoms with Gasteiger partial charge in [0.2, 0.25) is 5.91 Å². The number of hydrogen-bond acceptors (Lipinski definition) is 2. The molecule has 82 valence electrons. The molecule has 0 aliphatic rings. The monoisotopic (exact) mass is 223 g/mol. The third-order valence-corrected chi connectivity index (χ3v) is 2.37. The van der Waals surface area contributed by atoms with E-state index in [1.165, 1.54) is 5.56 Å². The first kappa shape index (κ1) is 12.1. The molecular weight excluding hydrogens is 206 g/mol. The molecule has 0 fully saturated rings. The first-order valence-corrected chi connectivity index (χ1v) is 5.87. The second-order valence-electron chi connectivity index (χ2n) is 3.41. The van der Waals surface area contributed by atoms with E-state index in [1.807, 2.05) is 18.2 Å². The maximum Gasteiger partial charge on any atom is 0.220 e. The summed E-state index contributed by atoms with van der Waals surface area (Å²) >= 11 is 4.00. The van der Waals surface area contributed by atoms with Gasteiger partial charge in [-0.1, -0.05) is 30.3 Å². The quantitative estimate of drug-likeness (QED) is 0.561. The summed E-state index contributed by atoms with van der Waals surface area (Å²) in [6.45, 7) is 0.751. The zero-order chi connectivity index (χ0) is 10.9. The van der Waals surface area contributed by atoms with E-state index >= 15 is 0 Å².